The van der Waals surface area contributed by atoms with E-state index in [1.807, 2.05) is 33.9 Å². The fourth-order valence-corrected chi connectivity index (χ4v) is 6.21. The molecule has 0 amide bonds. The molecular weight excluding hydrogens is 584 g/mol. The zero-order chi connectivity index (χ0) is 32.8. The smallest absolute Gasteiger partial charge is 0.351 e. The van der Waals surface area contributed by atoms with Crippen LogP contribution >= 0.6 is 0 Å². The third-order valence-electron chi connectivity index (χ3n) is 9.11. The molecule has 0 spiro atoms. The number of nitrogens with zero attached hydrogens (tertiary/aromatic N) is 2. The molecule has 0 aliphatic carbocycles. The second-order valence-corrected chi connectivity index (χ2v) is 18.7. The standard InChI is InChI=1S/C33H59F2N3O5Si/c1-7-8-9-10-11-12-13-14-15-16-17-18-19-20-21-22-28(39)43-29-26(25-41-44(5,6)32(2,3)4)42-30(33(29,34)35)38-24-23-27(36)37-31(38)40/h23-24,26,29-30H,7-22,25H2,1-6H3,(H2,36,37,40)/t26-,29-,30-/m1/s1. The van der Waals surface area contributed by atoms with E-state index in [9.17, 15) is 9.59 Å². The molecule has 0 aromatic carbocycles. The number of unbranched alkanes of at least 4 members (excludes halogenated alkanes) is 14. The molecule has 1 aromatic heterocycles. The monoisotopic (exact) mass is 643 g/mol. The summed E-state index contributed by atoms with van der Waals surface area (Å²) in [5.74, 6) is -4.47. The maximum atomic E-state index is 15.8. The molecule has 11 heteroatoms. The molecule has 1 saturated heterocycles. The summed E-state index contributed by atoms with van der Waals surface area (Å²) in [6, 6.07) is 1.25. The van der Waals surface area contributed by atoms with E-state index >= 15 is 8.78 Å². The highest BCUT2D eigenvalue weighted by molar-refractivity contribution is 6.74. The number of nitrogen functional groups attached to an aromatic ring is 1. The van der Waals surface area contributed by atoms with Crippen molar-refractivity contribution in [3.05, 3.63) is 22.7 Å². The Morgan fingerprint density at radius 2 is 1.48 bits per heavy atom. The molecule has 2 rings (SSSR count). The van der Waals surface area contributed by atoms with Crippen LogP contribution in [0.25, 0.3) is 0 Å². The van der Waals surface area contributed by atoms with Gasteiger partial charge in [0.2, 0.25) is 6.23 Å². The first-order valence-corrected chi connectivity index (χ1v) is 19.8. The highest BCUT2D eigenvalue weighted by Gasteiger charge is 2.62. The maximum absolute atomic E-state index is 15.8. The van der Waals surface area contributed by atoms with E-state index < -0.39 is 44.3 Å². The molecular formula is C33H59F2N3O5Si. The van der Waals surface area contributed by atoms with Gasteiger partial charge in [-0.2, -0.15) is 13.8 Å². The van der Waals surface area contributed by atoms with Crippen molar-refractivity contribution in [2.45, 2.75) is 173 Å². The van der Waals surface area contributed by atoms with Crippen molar-refractivity contribution in [2.75, 3.05) is 12.3 Å². The average Bonchev–Trinajstić information content (AvgIpc) is 3.18. The van der Waals surface area contributed by atoms with Gasteiger partial charge in [0.05, 0.1) is 6.61 Å². The number of carbonyl (C=O) groups is 1. The molecule has 2 N–H and O–H groups in total. The number of rotatable bonds is 21. The second-order valence-electron chi connectivity index (χ2n) is 13.9. The lowest BCUT2D eigenvalue weighted by Crippen LogP contribution is -2.47. The fraction of sp³-hybridized carbons (Fsp3) is 0.848. The third-order valence-corrected chi connectivity index (χ3v) is 13.6. The normalized spacial score (nSPS) is 20.2. The van der Waals surface area contributed by atoms with Gasteiger partial charge in [-0.25, -0.2) is 4.79 Å². The first-order valence-electron chi connectivity index (χ1n) is 16.9. The Bertz CT molecular complexity index is 1050. The minimum Gasteiger partial charge on any atom is -0.453 e. The van der Waals surface area contributed by atoms with Gasteiger partial charge in [0.1, 0.15) is 11.9 Å². The Morgan fingerprint density at radius 1 is 0.977 bits per heavy atom. The van der Waals surface area contributed by atoms with Crippen molar-refractivity contribution in [3.63, 3.8) is 0 Å². The van der Waals surface area contributed by atoms with Crippen LogP contribution in [-0.4, -0.2) is 48.6 Å². The Balaban J connectivity index is 1.81. The summed E-state index contributed by atoms with van der Waals surface area (Å²) >= 11 is 0. The largest absolute Gasteiger partial charge is 0.453 e. The number of alkyl halides is 2. The van der Waals surface area contributed by atoms with Crippen LogP contribution in [-0.2, 0) is 18.7 Å². The van der Waals surface area contributed by atoms with Crippen molar-refractivity contribution >= 4 is 20.1 Å². The Hall–Kier alpha value is -1.85. The number of aromatic nitrogens is 2. The van der Waals surface area contributed by atoms with Gasteiger partial charge in [0, 0.05) is 12.6 Å². The number of ether oxygens (including phenoxy) is 2. The molecule has 1 aliphatic heterocycles. The van der Waals surface area contributed by atoms with Gasteiger partial charge >= 0.3 is 17.6 Å². The summed E-state index contributed by atoms with van der Waals surface area (Å²) in [5, 5.41) is -0.162. The van der Waals surface area contributed by atoms with Crippen LogP contribution in [0.5, 0.6) is 0 Å². The first-order chi connectivity index (χ1) is 20.7. The molecule has 2 heterocycles. The molecule has 0 radical (unpaired) electrons. The molecule has 8 nitrogen and oxygen atoms in total. The molecule has 44 heavy (non-hydrogen) atoms. The highest BCUT2D eigenvalue weighted by Crippen LogP contribution is 2.45. The number of halogens is 2. The molecule has 1 aromatic rings. The minimum absolute atomic E-state index is 0.0503. The van der Waals surface area contributed by atoms with Gasteiger partial charge in [-0.1, -0.05) is 118 Å². The lowest BCUT2D eigenvalue weighted by atomic mass is 10.0. The van der Waals surface area contributed by atoms with E-state index in [4.69, 9.17) is 19.6 Å². The molecule has 3 atom stereocenters. The van der Waals surface area contributed by atoms with Crippen LogP contribution in [0.4, 0.5) is 14.6 Å². The zero-order valence-electron chi connectivity index (χ0n) is 28.2. The lowest BCUT2D eigenvalue weighted by Gasteiger charge is -2.37. The fourth-order valence-electron chi connectivity index (χ4n) is 5.20. The Morgan fingerprint density at radius 3 is 1.95 bits per heavy atom. The van der Waals surface area contributed by atoms with Gasteiger partial charge in [-0.15, -0.1) is 0 Å². The molecule has 0 saturated carbocycles. The topological polar surface area (TPSA) is 106 Å². The van der Waals surface area contributed by atoms with Gasteiger partial charge in [0.25, 0.3) is 0 Å². The van der Waals surface area contributed by atoms with Crippen LogP contribution in [0.15, 0.2) is 17.1 Å². The van der Waals surface area contributed by atoms with Crippen molar-refractivity contribution in [2.24, 2.45) is 0 Å². The summed E-state index contributed by atoms with van der Waals surface area (Å²) in [5.41, 5.74) is 4.57. The van der Waals surface area contributed by atoms with Gasteiger partial charge in [0.15, 0.2) is 14.4 Å². The van der Waals surface area contributed by atoms with Crippen molar-refractivity contribution in [3.8, 4) is 0 Å². The molecule has 0 unspecified atom stereocenters. The van der Waals surface area contributed by atoms with E-state index in [0.29, 0.717) is 11.0 Å². The summed E-state index contributed by atoms with van der Waals surface area (Å²) in [6.45, 7) is 12.2. The van der Waals surface area contributed by atoms with Gasteiger partial charge in [-0.05, 0) is 30.6 Å². The number of hydrogen-bond acceptors (Lipinski definition) is 7. The van der Waals surface area contributed by atoms with Crippen molar-refractivity contribution < 1.29 is 27.5 Å². The van der Waals surface area contributed by atoms with E-state index in [2.05, 4.69) is 11.9 Å². The van der Waals surface area contributed by atoms with E-state index in [1.54, 1.807) is 0 Å². The van der Waals surface area contributed by atoms with Crippen LogP contribution < -0.4 is 11.4 Å². The summed E-state index contributed by atoms with van der Waals surface area (Å²) in [4.78, 5) is 28.7. The maximum Gasteiger partial charge on any atom is 0.351 e. The van der Waals surface area contributed by atoms with E-state index in [1.165, 1.54) is 76.7 Å². The summed E-state index contributed by atoms with van der Waals surface area (Å²) < 4.78 is 49.5. The predicted molar refractivity (Wildman–Crippen MR) is 174 cm³/mol. The highest BCUT2D eigenvalue weighted by atomic mass is 28.4. The Labute approximate surface area is 264 Å². The SMILES string of the molecule is CCCCCCCCCCCCCCCCCC(=O)O[C@@H]1[C@@H](CO[Si](C)(C)C(C)(C)C)O[C@@H](n2ccc(N)nc2=O)C1(F)F. The summed E-state index contributed by atoms with van der Waals surface area (Å²) in [7, 11) is -2.33. The van der Waals surface area contributed by atoms with Crippen molar-refractivity contribution in [1.29, 1.82) is 0 Å². The minimum atomic E-state index is -3.69. The molecule has 254 valence electrons. The van der Waals surface area contributed by atoms with Gasteiger partial charge < -0.3 is 19.6 Å². The van der Waals surface area contributed by atoms with Crippen LogP contribution in [0, 0.1) is 0 Å². The molecule has 0 bridgehead atoms. The first kappa shape index (κ1) is 38.3. The quantitative estimate of drug-likeness (QED) is 0.0813. The third kappa shape index (κ3) is 12.2. The zero-order valence-corrected chi connectivity index (χ0v) is 29.2. The van der Waals surface area contributed by atoms with Crippen LogP contribution in [0.2, 0.25) is 18.1 Å². The van der Waals surface area contributed by atoms with Crippen LogP contribution in [0.3, 0.4) is 0 Å². The van der Waals surface area contributed by atoms with E-state index in [0.717, 1.165) is 25.5 Å². The van der Waals surface area contributed by atoms with Gasteiger partial charge in [-0.3, -0.25) is 9.36 Å². The summed E-state index contributed by atoms with van der Waals surface area (Å²) in [6.07, 6.45) is 14.0. The van der Waals surface area contributed by atoms with Crippen molar-refractivity contribution in [1.82, 2.24) is 9.55 Å². The molecule has 1 fully saturated rings. The number of carbonyl (C=O) groups excluding carboxylic acids is 1. The van der Waals surface area contributed by atoms with E-state index in [-0.39, 0.29) is 23.9 Å². The van der Waals surface area contributed by atoms with Crippen LogP contribution in [0.1, 0.15) is 137 Å². The number of esters is 1. The lowest BCUT2D eigenvalue weighted by molar-refractivity contribution is -0.176. The number of anilines is 1. The average molecular weight is 644 g/mol. The predicted octanol–water partition coefficient (Wildman–Crippen LogP) is 8.55. The second kappa shape index (κ2) is 18.3. The number of nitrogens with two attached hydrogens (primary N) is 1. The Kier molecular flexibility index (Phi) is 16.0. The number of hydrogen-bond donors (Lipinski definition) is 1. The molecule has 1 aliphatic rings.